The number of carbonyl (C=O) groups excluding carboxylic acids is 2. The first kappa shape index (κ1) is 25.4. The third-order valence-corrected chi connectivity index (χ3v) is 6.90. The summed E-state index contributed by atoms with van der Waals surface area (Å²) in [6.45, 7) is 10.3. The summed E-state index contributed by atoms with van der Waals surface area (Å²) in [5.41, 5.74) is 4.90. The molecule has 0 spiro atoms. The zero-order valence-corrected chi connectivity index (χ0v) is 21.1. The number of nitrogens with one attached hydrogen (secondary N) is 3. The maximum atomic E-state index is 14.8. The number of hydrogen-bond donors (Lipinski definition) is 3. The van der Waals surface area contributed by atoms with Crippen LogP contribution in [0.15, 0.2) is 60.8 Å². The molecule has 1 aromatic heterocycles. The summed E-state index contributed by atoms with van der Waals surface area (Å²) in [5, 5.41) is 8.23. The van der Waals surface area contributed by atoms with Gasteiger partial charge in [0.1, 0.15) is 11.6 Å². The molecule has 2 aromatic rings. The van der Waals surface area contributed by atoms with Crippen LogP contribution in [0.4, 0.5) is 20.7 Å². The number of urea groups is 1. The molecule has 4 rings (SSSR count). The molecule has 1 fully saturated rings. The maximum absolute atomic E-state index is 14.8. The fourth-order valence-electron chi connectivity index (χ4n) is 4.40. The molecule has 6 nitrogen and oxygen atoms in total. The van der Waals surface area contributed by atoms with Crippen molar-refractivity contribution in [2.45, 2.75) is 52.4 Å². The lowest BCUT2D eigenvalue weighted by Crippen LogP contribution is -2.30. The molecule has 0 radical (unpaired) electrons. The van der Waals surface area contributed by atoms with Crippen LogP contribution < -0.4 is 16.0 Å². The zero-order valence-electron chi connectivity index (χ0n) is 21.1. The topological polar surface area (TPSA) is 83.1 Å². The van der Waals surface area contributed by atoms with Crippen LogP contribution in [0.2, 0.25) is 0 Å². The molecule has 3 N–H and O–H groups in total. The van der Waals surface area contributed by atoms with E-state index in [4.69, 9.17) is 0 Å². The summed E-state index contributed by atoms with van der Waals surface area (Å²) >= 11 is 0. The molecule has 1 atom stereocenters. The third kappa shape index (κ3) is 6.27. The van der Waals surface area contributed by atoms with E-state index in [-0.39, 0.29) is 17.5 Å². The number of halogens is 1. The van der Waals surface area contributed by atoms with Crippen LogP contribution in [0.5, 0.6) is 0 Å². The van der Waals surface area contributed by atoms with E-state index < -0.39 is 11.8 Å². The van der Waals surface area contributed by atoms with E-state index in [2.05, 4.69) is 40.5 Å². The number of aromatic nitrogens is 1. The molecule has 0 saturated heterocycles. The van der Waals surface area contributed by atoms with Crippen LogP contribution >= 0.6 is 0 Å². The number of nitrogens with zero attached hydrogens (tertiary/aromatic N) is 1. The smallest absolute Gasteiger partial charge is 0.319 e. The van der Waals surface area contributed by atoms with Crippen molar-refractivity contribution < 1.29 is 14.0 Å². The van der Waals surface area contributed by atoms with Crippen molar-refractivity contribution in [2.24, 2.45) is 5.41 Å². The Morgan fingerprint density at radius 3 is 2.72 bits per heavy atom. The quantitative estimate of drug-likeness (QED) is 0.390. The van der Waals surface area contributed by atoms with Crippen LogP contribution in [0, 0.1) is 18.2 Å². The Morgan fingerprint density at radius 2 is 2.00 bits per heavy atom. The van der Waals surface area contributed by atoms with Gasteiger partial charge in [-0.1, -0.05) is 37.3 Å². The molecule has 7 heteroatoms. The average molecular weight is 489 g/mol. The summed E-state index contributed by atoms with van der Waals surface area (Å²) in [6.07, 6.45) is 11.8. The minimum Gasteiger partial charge on any atom is -0.338 e. The first-order valence-corrected chi connectivity index (χ1v) is 12.3. The predicted octanol–water partition coefficient (Wildman–Crippen LogP) is 6.48. The molecular weight excluding hydrogens is 455 g/mol. The van der Waals surface area contributed by atoms with Gasteiger partial charge in [0.25, 0.3) is 0 Å². The van der Waals surface area contributed by atoms with Gasteiger partial charge in [-0.15, -0.1) is 0 Å². The Kier molecular flexibility index (Phi) is 7.38. The fourth-order valence-corrected chi connectivity index (χ4v) is 4.40. The number of amides is 3. The van der Waals surface area contributed by atoms with E-state index in [0.29, 0.717) is 24.2 Å². The van der Waals surface area contributed by atoms with Gasteiger partial charge in [-0.2, -0.15) is 0 Å². The van der Waals surface area contributed by atoms with Crippen molar-refractivity contribution in [2.75, 3.05) is 17.2 Å². The summed E-state index contributed by atoms with van der Waals surface area (Å²) in [5.74, 6) is -0.316. The van der Waals surface area contributed by atoms with Crippen molar-refractivity contribution in [3.63, 3.8) is 0 Å². The lowest BCUT2D eigenvalue weighted by molar-refractivity contribution is -0.114. The van der Waals surface area contributed by atoms with Crippen molar-refractivity contribution in [3.8, 4) is 0 Å². The van der Waals surface area contributed by atoms with Gasteiger partial charge >= 0.3 is 6.03 Å². The molecule has 188 valence electrons. The van der Waals surface area contributed by atoms with Crippen molar-refractivity contribution in [1.82, 2.24) is 10.3 Å². The van der Waals surface area contributed by atoms with Crippen LogP contribution in [-0.2, 0) is 4.79 Å². The standard InChI is InChI=1S/C29H33FN4O2/c1-18-6-5-7-21(15-23(18)22-8-12-31-27(16-22)33-20(3)35)24-17-26(25(30)14-19(24)2)34-28(36)32-13-11-29(4)9-10-29/h5,7-8,12,14-17,23H,1,6,9-11,13H2,2-4H3,(H,31,33,35)(H2,32,34,36). The maximum Gasteiger partial charge on any atom is 0.319 e. The largest absolute Gasteiger partial charge is 0.338 e. The number of carbonyl (C=O) groups is 2. The van der Waals surface area contributed by atoms with Gasteiger partial charge in [0.2, 0.25) is 5.91 Å². The average Bonchev–Trinajstić information content (AvgIpc) is 3.57. The van der Waals surface area contributed by atoms with Crippen molar-refractivity contribution in [1.29, 1.82) is 0 Å². The summed E-state index contributed by atoms with van der Waals surface area (Å²) in [7, 11) is 0. The fraction of sp³-hybridized carbons (Fsp3) is 0.345. The van der Waals surface area contributed by atoms with Gasteiger partial charge in [0.05, 0.1) is 5.69 Å². The van der Waals surface area contributed by atoms with E-state index in [1.165, 1.54) is 25.8 Å². The molecule has 2 aliphatic rings. The Morgan fingerprint density at radius 1 is 1.22 bits per heavy atom. The van der Waals surface area contributed by atoms with Crippen molar-refractivity contribution in [3.05, 3.63) is 83.3 Å². The molecule has 36 heavy (non-hydrogen) atoms. The second-order valence-corrected chi connectivity index (χ2v) is 10.1. The summed E-state index contributed by atoms with van der Waals surface area (Å²) < 4.78 is 14.8. The highest BCUT2D eigenvalue weighted by Gasteiger charge is 2.36. The van der Waals surface area contributed by atoms with Gasteiger partial charge in [-0.3, -0.25) is 4.79 Å². The zero-order chi connectivity index (χ0) is 25.9. The highest BCUT2D eigenvalue weighted by Crippen LogP contribution is 2.47. The lowest BCUT2D eigenvalue weighted by Gasteiger charge is -2.18. The van der Waals surface area contributed by atoms with E-state index >= 15 is 0 Å². The van der Waals surface area contributed by atoms with Crippen LogP contribution in [-0.4, -0.2) is 23.5 Å². The number of rotatable bonds is 7. The van der Waals surface area contributed by atoms with Gasteiger partial charge in [0.15, 0.2) is 0 Å². The van der Waals surface area contributed by atoms with E-state index in [1.54, 1.807) is 12.3 Å². The Balaban J connectivity index is 1.58. The first-order chi connectivity index (χ1) is 17.1. The van der Waals surface area contributed by atoms with Gasteiger partial charge < -0.3 is 16.0 Å². The molecule has 2 aliphatic carbocycles. The third-order valence-electron chi connectivity index (χ3n) is 6.90. The number of pyridine rings is 1. The second-order valence-electron chi connectivity index (χ2n) is 10.1. The molecule has 1 unspecified atom stereocenters. The van der Waals surface area contributed by atoms with Gasteiger partial charge in [-0.05, 0) is 84.6 Å². The van der Waals surface area contributed by atoms with Crippen LogP contribution in [0.3, 0.4) is 0 Å². The molecule has 0 aliphatic heterocycles. The normalized spacial score (nSPS) is 18.2. The number of anilines is 2. The molecule has 3 amide bonds. The second kappa shape index (κ2) is 10.5. The Bertz CT molecular complexity index is 1260. The highest BCUT2D eigenvalue weighted by molar-refractivity contribution is 5.91. The van der Waals surface area contributed by atoms with E-state index in [1.807, 2.05) is 31.2 Å². The number of benzene rings is 1. The van der Waals surface area contributed by atoms with Crippen molar-refractivity contribution >= 4 is 29.0 Å². The Hall–Kier alpha value is -3.74. The van der Waals surface area contributed by atoms with E-state index in [0.717, 1.165) is 34.3 Å². The summed E-state index contributed by atoms with van der Waals surface area (Å²) in [4.78, 5) is 28.1. The van der Waals surface area contributed by atoms with Gasteiger partial charge in [-0.25, -0.2) is 14.2 Å². The minimum atomic E-state index is -0.478. The first-order valence-electron chi connectivity index (χ1n) is 12.3. The SMILES string of the molecule is C=C1CC=CC(c2cc(NC(=O)NCCC3(C)CC3)c(F)cc2C)=CC1c1ccnc(NC(C)=O)c1. The molecule has 0 bridgehead atoms. The molecular formula is C29H33FN4O2. The lowest BCUT2D eigenvalue weighted by atomic mass is 9.88. The molecule has 1 saturated carbocycles. The molecule has 1 heterocycles. The number of aryl methyl sites for hydroxylation is 1. The van der Waals surface area contributed by atoms with E-state index in [9.17, 15) is 14.0 Å². The summed E-state index contributed by atoms with van der Waals surface area (Å²) in [6, 6.07) is 6.46. The minimum absolute atomic E-state index is 0.126. The number of hydrogen-bond acceptors (Lipinski definition) is 3. The van der Waals surface area contributed by atoms with Crippen LogP contribution in [0.1, 0.15) is 62.1 Å². The predicted molar refractivity (Wildman–Crippen MR) is 142 cm³/mol. The number of allylic oxidation sites excluding steroid dienone is 5. The Labute approximate surface area is 211 Å². The van der Waals surface area contributed by atoms with Crippen LogP contribution in [0.25, 0.3) is 5.57 Å². The van der Waals surface area contributed by atoms with Gasteiger partial charge in [0, 0.05) is 25.6 Å². The monoisotopic (exact) mass is 488 g/mol. The highest BCUT2D eigenvalue weighted by atomic mass is 19.1. The molecule has 1 aromatic carbocycles.